The molecule has 1 aliphatic rings. The number of hydrogen-bond donors (Lipinski definition) is 1. The van der Waals surface area contributed by atoms with Crippen molar-refractivity contribution in [2.45, 2.75) is 0 Å². The molecule has 2 heterocycles. The summed E-state index contributed by atoms with van der Waals surface area (Å²) in [5.41, 5.74) is 9.26. The van der Waals surface area contributed by atoms with Crippen LogP contribution in [0.25, 0.3) is 23.0 Å². The molecule has 0 unspecified atom stereocenters. The van der Waals surface area contributed by atoms with Crippen molar-refractivity contribution in [2.75, 3.05) is 5.73 Å². The molecule has 0 fully saturated rings. The molecule has 0 saturated carbocycles. The fraction of sp³-hybridized carbons (Fsp3) is 0. The quantitative estimate of drug-likeness (QED) is 0.298. The van der Waals surface area contributed by atoms with Gasteiger partial charge in [-0.1, -0.05) is 54.6 Å². The summed E-state index contributed by atoms with van der Waals surface area (Å²) < 4.78 is 1.72. The van der Waals surface area contributed by atoms with Gasteiger partial charge < -0.3 is 5.73 Å². The Hall–Kier alpha value is -4.78. The van der Waals surface area contributed by atoms with E-state index in [4.69, 9.17) is 10.8 Å². The number of nitrogen functional groups attached to an aromatic ring is 1. The van der Waals surface area contributed by atoms with E-state index in [1.54, 1.807) is 23.0 Å². The van der Waals surface area contributed by atoms with Gasteiger partial charge in [0.15, 0.2) is 0 Å². The third kappa shape index (κ3) is 3.51. The second kappa shape index (κ2) is 8.05. The maximum absolute atomic E-state index is 12.9. The summed E-state index contributed by atoms with van der Waals surface area (Å²) in [6, 6.07) is 23.7. The Morgan fingerprint density at radius 1 is 0.848 bits per heavy atom. The van der Waals surface area contributed by atoms with Gasteiger partial charge in [0, 0.05) is 29.1 Å². The van der Waals surface area contributed by atoms with Gasteiger partial charge in [0.2, 0.25) is 0 Å². The van der Waals surface area contributed by atoms with E-state index in [0.717, 1.165) is 11.3 Å². The van der Waals surface area contributed by atoms with Gasteiger partial charge in [-0.05, 0) is 30.3 Å². The van der Waals surface area contributed by atoms with E-state index in [2.05, 4.69) is 0 Å². The summed E-state index contributed by atoms with van der Waals surface area (Å²) in [7, 11) is 0. The zero-order valence-electron chi connectivity index (χ0n) is 17.4. The predicted octanol–water partition coefficient (Wildman–Crippen LogP) is 3.96. The van der Waals surface area contributed by atoms with Crippen molar-refractivity contribution in [1.82, 2.24) is 14.7 Å². The molecule has 4 aromatic rings. The highest BCUT2D eigenvalue weighted by Crippen LogP contribution is 2.29. The van der Waals surface area contributed by atoms with Crippen LogP contribution in [0.2, 0.25) is 0 Å². The largest absolute Gasteiger partial charge is 0.398 e. The third-order valence-electron chi connectivity index (χ3n) is 5.38. The summed E-state index contributed by atoms with van der Waals surface area (Å²) in [5, 5.41) is 4.69. The van der Waals surface area contributed by atoms with Crippen LogP contribution in [0.5, 0.6) is 0 Å². The molecule has 5 rings (SSSR count). The lowest BCUT2D eigenvalue weighted by Gasteiger charge is -2.08. The number of nitrogens with two attached hydrogens (primary N) is 1. The van der Waals surface area contributed by atoms with E-state index < -0.39 is 17.7 Å². The minimum atomic E-state index is -0.743. The van der Waals surface area contributed by atoms with Gasteiger partial charge >= 0.3 is 0 Å². The number of nitrogens with zero attached hydrogens (tertiary/aromatic N) is 3. The average molecular weight is 434 g/mol. The molecule has 0 saturated heterocycles. The first kappa shape index (κ1) is 20.1. The second-order valence-corrected chi connectivity index (χ2v) is 7.47. The molecule has 3 amide bonds. The number of carbonyl (C=O) groups is 3. The van der Waals surface area contributed by atoms with Gasteiger partial charge in [-0.25, -0.2) is 9.58 Å². The maximum atomic E-state index is 12.9. The molecule has 33 heavy (non-hydrogen) atoms. The molecule has 7 nitrogen and oxygen atoms in total. The number of benzene rings is 3. The number of rotatable bonds is 4. The standard InChI is InChI=1S/C26H18N4O3/c27-21-13-7-12-20-23(21)26(33)30(25(20)32)22(31)15-14-18-16-29(19-10-5-2-6-11-19)28-24(18)17-8-3-1-4-9-17/h1-16H,27H2. The van der Waals surface area contributed by atoms with Crippen molar-refractivity contribution < 1.29 is 14.4 Å². The van der Waals surface area contributed by atoms with Crippen molar-refractivity contribution in [2.24, 2.45) is 0 Å². The smallest absolute Gasteiger partial charge is 0.270 e. The van der Waals surface area contributed by atoms with Gasteiger partial charge in [-0.15, -0.1) is 0 Å². The highest BCUT2D eigenvalue weighted by molar-refractivity contribution is 6.32. The Bertz CT molecular complexity index is 1420. The van der Waals surface area contributed by atoms with Crippen LogP contribution in [0.4, 0.5) is 5.69 Å². The van der Waals surface area contributed by atoms with Crippen molar-refractivity contribution in [3.8, 4) is 16.9 Å². The number of para-hydroxylation sites is 1. The molecule has 0 radical (unpaired) electrons. The molecule has 0 atom stereocenters. The van der Waals surface area contributed by atoms with Gasteiger partial charge in [0.05, 0.1) is 22.5 Å². The number of amides is 3. The monoisotopic (exact) mass is 434 g/mol. The van der Waals surface area contributed by atoms with Crippen LogP contribution in [-0.4, -0.2) is 32.4 Å². The Morgan fingerprint density at radius 3 is 2.24 bits per heavy atom. The third-order valence-corrected chi connectivity index (χ3v) is 5.38. The fourth-order valence-corrected chi connectivity index (χ4v) is 3.79. The summed E-state index contributed by atoms with van der Waals surface area (Å²) in [6.07, 6.45) is 4.56. The van der Waals surface area contributed by atoms with Crippen molar-refractivity contribution in [3.05, 3.63) is 108 Å². The van der Waals surface area contributed by atoms with Crippen LogP contribution in [0.1, 0.15) is 26.3 Å². The zero-order valence-corrected chi connectivity index (χ0v) is 17.4. The lowest BCUT2D eigenvalue weighted by Crippen LogP contribution is -2.34. The number of hydrogen-bond acceptors (Lipinski definition) is 5. The Balaban J connectivity index is 1.50. The van der Waals surface area contributed by atoms with Crippen molar-refractivity contribution in [3.63, 3.8) is 0 Å². The highest BCUT2D eigenvalue weighted by atomic mass is 16.2. The summed E-state index contributed by atoms with van der Waals surface area (Å²) in [5.74, 6) is -2.14. The molecule has 160 valence electrons. The number of anilines is 1. The van der Waals surface area contributed by atoms with Crippen LogP contribution < -0.4 is 5.73 Å². The fourth-order valence-electron chi connectivity index (χ4n) is 3.79. The van der Waals surface area contributed by atoms with Gasteiger partial charge in [-0.3, -0.25) is 14.4 Å². The van der Waals surface area contributed by atoms with E-state index in [1.807, 2.05) is 60.7 Å². The van der Waals surface area contributed by atoms with Crippen molar-refractivity contribution in [1.29, 1.82) is 0 Å². The number of carbonyl (C=O) groups excluding carboxylic acids is 3. The van der Waals surface area contributed by atoms with Crippen LogP contribution in [-0.2, 0) is 4.79 Å². The Kier molecular flexibility index (Phi) is 4.91. The van der Waals surface area contributed by atoms with Crippen LogP contribution in [0.3, 0.4) is 0 Å². The second-order valence-electron chi connectivity index (χ2n) is 7.47. The first-order valence-electron chi connectivity index (χ1n) is 10.2. The molecular weight excluding hydrogens is 416 g/mol. The zero-order chi connectivity index (χ0) is 22.9. The summed E-state index contributed by atoms with van der Waals surface area (Å²) in [6.45, 7) is 0. The minimum Gasteiger partial charge on any atom is -0.398 e. The van der Waals surface area contributed by atoms with E-state index in [1.165, 1.54) is 18.2 Å². The van der Waals surface area contributed by atoms with Gasteiger partial charge in [-0.2, -0.15) is 5.10 Å². The summed E-state index contributed by atoms with van der Waals surface area (Å²) in [4.78, 5) is 38.9. The predicted molar refractivity (Wildman–Crippen MR) is 124 cm³/mol. The van der Waals surface area contributed by atoms with E-state index in [-0.39, 0.29) is 16.8 Å². The van der Waals surface area contributed by atoms with Crippen LogP contribution in [0, 0.1) is 0 Å². The number of aromatic nitrogens is 2. The maximum Gasteiger partial charge on any atom is 0.270 e. The molecule has 2 N–H and O–H groups in total. The number of fused-ring (bicyclic) bond motifs is 1. The van der Waals surface area contributed by atoms with E-state index in [9.17, 15) is 14.4 Å². The first-order chi connectivity index (χ1) is 16.0. The Morgan fingerprint density at radius 2 is 1.55 bits per heavy atom. The average Bonchev–Trinajstić information content (AvgIpc) is 3.38. The van der Waals surface area contributed by atoms with Gasteiger partial charge in [0.1, 0.15) is 0 Å². The molecule has 3 aromatic carbocycles. The van der Waals surface area contributed by atoms with Crippen LogP contribution >= 0.6 is 0 Å². The first-order valence-corrected chi connectivity index (χ1v) is 10.2. The molecular formula is C26H18N4O3. The molecule has 0 aliphatic carbocycles. The van der Waals surface area contributed by atoms with E-state index >= 15 is 0 Å². The van der Waals surface area contributed by atoms with Gasteiger partial charge in [0.25, 0.3) is 17.7 Å². The van der Waals surface area contributed by atoms with Crippen LogP contribution in [0.15, 0.2) is 91.1 Å². The van der Waals surface area contributed by atoms with Crippen molar-refractivity contribution >= 4 is 29.5 Å². The summed E-state index contributed by atoms with van der Waals surface area (Å²) >= 11 is 0. The molecule has 0 spiro atoms. The molecule has 1 aliphatic heterocycles. The lowest BCUT2D eigenvalue weighted by molar-refractivity contribution is -0.121. The van der Waals surface area contributed by atoms with E-state index in [0.29, 0.717) is 16.2 Å². The lowest BCUT2D eigenvalue weighted by atomic mass is 10.1. The molecule has 7 heteroatoms. The molecule has 1 aromatic heterocycles. The SMILES string of the molecule is Nc1cccc2c1C(=O)N(C(=O)C=Cc1cn(-c3ccccc3)nc1-c1ccccc1)C2=O. The normalized spacial score (nSPS) is 13.0. The minimum absolute atomic E-state index is 0.0612. The Labute approximate surface area is 189 Å². The number of imide groups is 3. The topological polar surface area (TPSA) is 98.3 Å². The molecule has 0 bridgehead atoms. The highest BCUT2D eigenvalue weighted by Gasteiger charge is 2.40.